The summed E-state index contributed by atoms with van der Waals surface area (Å²) in [5.41, 5.74) is 2.28. The number of aliphatic hydroxyl groups is 1. The van der Waals surface area contributed by atoms with Gasteiger partial charge in [-0.15, -0.1) is 0 Å². The summed E-state index contributed by atoms with van der Waals surface area (Å²) in [7, 11) is 1.79. The van der Waals surface area contributed by atoms with Crippen molar-refractivity contribution < 1.29 is 5.11 Å². The normalized spacial score (nSPS) is 12.8. The molecule has 90 valence electrons. The van der Waals surface area contributed by atoms with Crippen molar-refractivity contribution in [2.45, 2.75) is 13.0 Å². The van der Waals surface area contributed by atoms with E-state index in [1.165, 1.54) is 0 Å². The lowest BCUT2D eigenvalue weighted by atomic mass is 10.1. The molecule has 3 nitrogen and oxygen atoms in total. The van der Waals surface area contributed by atoms with Crippen molar-refractivity contribution in [2.75, 3.05) is 0 Å². The molecule has 0 spiro atoms. The summed E-state index contributed by atoms with van der Waals surface area (Å²) in [6.07, 6.45) is -0.754. The number of hydrogen-bond donors (Lipinski definition) is 1. The molecule has 0 aliphatic heterocycles. The summed E-state index contributed by atoms with van der Waals surface area (Å²) < 4.78 is 1.66. The van der Waals surface area contributed by atoms with E-state index in [0.717, 1.165) is 11.4 Å². The third-order valence-corrected chi connectivity index (χ3v) is 3.32. The van der Waals surface area contributed by atoms with Crippen molar-refractivity contribution >= 4 is 23.2 Å². The number of nitrogens with zero attached hydrogens (tertiary/aromatic N) is 2. The molecular formula is C12H12Cl2N2O. The molecule has 0 amide bonds. The van der Waals surface area contributed by atoms with E-state index in [1.807, 2.05) is 13.0 Å². The van der Waals surface area contributed by atoms with E-state index in [4.69, 9.17) is 23.2 Å². The zero-order chi connectivity index (χ0) is 12.6. The number of aromatic nitrogens is 2. The van der Waals surface area contributed by atoms with E-state index in [9.17, 15) is 5.11 Å². The van der Waals surface area contributed by atoms with Crippen LogP contribution in [0.5, 0.6) is 0 Å². The van der Waals surface area contributed by atoms with Crippen LogP contribution >= 0.6 is 23.2 Å². The monoisotopic (exact) mass is 270 g/mol. The van der Waals surface area contributed by atoms with Gasteiger partial charge in [0.15, 0.2) is 0 Å². The number of benzene rings is 1. The molecular weight excluding hydrogens is 259 g/mol. The molecule has 2 aromatic rings. The van der Waals surface area contributed by atoms with Crippen LogP contribution in [0.1, 0.15) is 23.1 Å². The van der Waals surface area contributed by atoms with Gasteiger partial charge in [0.1, 0.15) is 6.10 Å². The minimum atomic E-state index is -0.754. The second-order valence-electron chi connectivity index (χ2n) is 3.91. The molecule has 1 heterocycles. The fraction of sp³-hybridized carbons (Fsp3) is 0.250. The first-order valence-corrected chi connectivity index (χ1v) is 5.88. The number of aryl methyl sites for hydroxylation is 2. The second kappa shape index (κ2) is 4.69. The van der Waals surface area contributed by atoms with Crippen molar-refractivity contribution in [3.05, 3.63) is 51.3 Å². The maximum absolute atomic E-state index is 10.2. The molecule has 0 bridgehead atoms. The molecule has 1 N–H and O–H groups in total. The Labute approximate surface area is 110 Å². The van der Waals surface area contributed by atoms with Crippen molar-refractivity contribution in [2.24, 2.45) is 7.05 Å². The molecule has 1 aromatic heterocycles. The number of hydrogen-bond acceptors (Lipinski definition) is 2. The summed E-state index contributed by atoms with van der Waals surface area (Å²) in [4.78, 5) is 0. The SMILES string of the molecule is Cc1cc(C(O)c2ccc(Cl)c(Cl)c2)n(C)n1. The van der Waals surface area contributed by atoms with Crippen LogP contribution in [0, 0.1) is 6.92 Å². The van der Waals surface area contributed by atoms with Gasteiger partial charge in [0.05, 0.1) is 21.4 Å². The van der Waals surface area contributed by atoms with E-state index in [1.54, 1.807) is 29.9 Å². The molecule has 2 rings (SSSR count). The smallest absolute Gasteiger partial charge is 0.121 e. The summed E-state index contributed by atoms with van der Waals surface area (Å²) in [6.45, 7) is 1.88. The summed E-state index contributed by atoms with van der Waals surface area (Å²) >= 11 is 11.8. The minimum Gasteiger partial charge on any atom is -0.382 e. The van der Waals surface area contributed by atoms with Gasteiger partial charge in [-0.1, -0.05) is 29.3 Å². The molecule has 5 heteroatoms. The Hall–Kier alpha value is -1.03. The van der Waals surface area contributed by atoms with Crippen molar-refractivity contribution in [3.8, 4) is 0 Å². The maximum Gasteiger partial charge on any atom is 0.121 e. The molecule has 0 fully saturated rings. The van der Waals surface area contributed by atoms with Crippen LogP contribution in [0.15, 0.2) is 24.3 Å². The number of rotatable bonds is 2. The standard InChI is InChI=1S/C12H12Cl2N2O/c1-7-5-11(16(2)15-7)12(17)8-3-4-9(13)10(14)6-8/h3-6,12,17H,1-2H3. The van der Waals surface area contributed by atoms with Crippen LogP contribution in [0.4, 0.5) is 0 Å². The van der Waals surface area contributed by atoms with Gasteiger partial charge in [0.25, 0.3) is 0 Å². The highest BCUT2D eigenvalue weighted by Crippen LogP contribution is 2.28. The molecule has 0 aliphatic carbocycles. The molecule has 17 heavy (non-hydrogen) atoms. The molecule has 0 radical (unpaired) electrons. The van der Waals surface area contributed by atoms with E-state index >= 15 is 0 Å². The Morgan fingerprint density at radius 3 is 2.47 bits per heavy atom. The van der Waals surface area contributed by atoms with E-state index in [2.05, 4.69) is 5.10 Å². The predicted molar refractivity (Wildman–Crippen MR) is 68.5 cm³/mol. The molecule has 1 unspecified atom stereocenters. The van der Waals surface area contributed by atoms with Crippen molar-refractivity contribution in [1.82, 2.24) is 9.78 Å². The molecule has 1 atom stereocenters. The largest absolute Gasteiger partial charge is 0.382 e. The third kappa shape index (κ3) is 2.46. The molecule has 0 aliphatic rings. The van der Waals surface area contributed by atoms with Gasteiger partial charge < -0.3 is 5.11 Å². The topological polar surface area (TPSA) is 38.0 Å². The van der Waals surface area contributed by atoms with Gasteiger partial charge in [-0.05, 0) is 30.7 Å². The highest BCUT2D eigenvalue weighted by Gasteiger charge is 2.16. The Morgan fingerprint density at radius 2 is 1.94 bits per heavy atom. The van der Waals surface area contributed by atoms with Crippen LogP contribution in [-0.2, 0) is 7.05 Å². The van der Waals surface area contributed by atoms with Gasteiger partial charge in [-0.3, -0.25) is 4.68 Å². The van der Waals surface area contributed by atoms with E-state index in [0.29, 0.717) is 15.6 Å². The lowest BCUT2D eigenvalue weighted by Gasteiger charge is -2.12. The highest BCUT2D eigenvalue weighted by atomic mass is 35.5. The quantitative estimate of drug-likeness (QED) is 0.911. The summed E-state index contributed by atoms with van der Waals surface area (Å²) in [6, 6.07) is 6.93. The van der Waals surface area contributed by atoms with Crippen LogP contribution < -0.4 is 0 Å². The lowest BCUT2D eigenvalue weighted by molar-refractivity contribution is 0.210. The first-order valence-electron chi connectivity index (χ1n) is 5.12. The first kappa shape index (κ1) is 12.4. The van der Waals surface area contributed by atoms with Gasteiger partial charge in [0.2, 0.25) is 0 Å². The Kier molecular flexibility index (Phi) is 3.43. The zero-order valence-corrected chi connectivity index (χ0v) is 11.0. The molecule has 0 saturated heterocycles. The predicted octanol–water partition coefficient (Wildman–Crippen LogP) is 3.12. The summed E-state index contributed by atoms with van der Waals surface area (Å²) in [5, 5.41) is 15.3. The molecule has 0 saturated carbocycles. The minimum absolute atomic E-state index is 0.433. The van der Waals surface area contributed by atoms with Gasteiger partial charge in [0, 0.05) is 7.05 Å². The van der Waals surface area contributed by atoms with Crippen molar-refractivity contribution in [1.29, 1.82) is 0 Å². The van der Waals surface area contributed by atoms with Crippen molar-refractivity contribution in [3.63, 3.8) is 0 Å². The van der Waals surface area contributed by atoms with Gasteiger partial charge in [-0.25, -0.2) is 0 Å². The zero-order valence-electron chi connectivity index (χ0n) is 9.48. The fourth-order valence-electron chi connectivity index (χ4n) is 1.74. The lowest BCUT2D eigenvalue weighted by Crippen LogP contribution is -2.06. The maximum atomic E-state index is 10.2. The van der Waals surface area contributed by atoms with Crippen LogP contribution in [0.3, 0.4) is 0 Å². The number of aliphatic hydroxyl groups excluding tert-OH is 1. The Bertz CT molecular complexity index is 551. The van der Waals surface area contributed by atoms with Gasteiger partial charge in [-0.2, -0.15) is 5.10 Å². The Morgan fingerprint density at radius 1 is 1.24 bits per heavy atom. The van der Waals surface area contributed by atoms with Crippen LogP contribution in [-0.4, -0.2) is 14.9 Å². The number of halogens is 2. The van der Waals surface area contributed by atoms with Crippen LogP contribution in [0.2, 0.25) is 10.0 Å². The van der Waals surface area contributed by atoms with E-state index in [-0.39, 0.29) is 0 Å². The van der Waals surface area contributed by atoms with Gasteiger partial charge >= 0.3 is 0 Å². The molecule has 1 aromatic carbocycles. The van der Waals surface area contributed by atoms with E-state index < -0.39 is 6.10 Å². The fourth-order valence-corrected chi connectivity index (χ4v) is 2.05. The Balaban J connectivity index is 2.40. The third-order valence-electron chi connectivity index (χ3n) is 2.58. The second-order valence-corrected chi connectivity index (χ2v) is 4.72. The first-order chi connectivity index (χ1) is 7.99. The average Bonchev–Trinajstić information content (AvgIpc) is 2.61. The highest BCUT2D eigenvalue weighted by molar-refractivity contribution is 6.42. The average molecular weight is 271 g/mol. The van der Waals surface area contributed by atoms with Crippen LogP contribution in [0.25, 0.3) is 0 Å². The summed E-state index contributed by atoms with van der Waals surface area (Å²) in [5.74, 6) is 0.